The third-order valence-corrected chi connectivity index (χ3v) is 2.42. The van der Waals surface area contributed by atoms with E-state index in [1.807, 2.05) is 0 Å². The largest absolute Gasteiger partial charge is 0.464 e. The zero-order valence-corrected chi connectivity index (χ0v) is 9.47. The van der Waals surface area contributed by atoms with Gasteiger partial charge in [0.15, 0.2) is 0 Å². The molecule has 1 rings (SSSR count). The first kappa shape index (κ1) is 11.3. The molecule has 0 aliphatic rings. The number of furan rings is 1. The maximum absolute atomic E-state index is 5.72. The quantitative estimate of drug-likeness (QED) is 0.753. The molecule has 0 amide bonds. The van der Waals surface area contributed by atoms with Crippen LogP contribution in [0.4, 0.5) is 0 Å². The molecule has 1 aromatic rings. The molecule has 0 aromatic carbocycles. The molecule has 0 bridgehead atoms. The van der Waals surface area contributed by atoms with Gasteiger partial charge in [-0.05, 0) is 31.5 Å². The van der Waals surface area contributed by atoms with Gasteiger partial charge in [-0.15, -0.1) is 0 Å². The van der Waals surface area contributed by atoms with Gasteiger partial charge in [0.05, 0.1) is 6.04 Å². The summed E-state index contributed by atoms with van der Waals surface area (Å²) in [5, 5.41) is 3.48. The number of aryl methyl sites for hydroxylation is 1. The van der Waals surface area contributed by atoms with Gasteiger partial charge in [0.1, 0.15) is 11.5 Å². The lowest BCUT2D eigenvalue weighted by Crippen LogP contribution is -2.20. The molecule has 0 saturated carbocycles. The van der Waals surface area contributed by atoms with E-state index >= 15 is 0 Å². The van der Waals surface area contributed by atoms with E-state index in [9.17, 15) is 0 Å². The summed E-state index contributed by atoms with van der Waals surface area (Å²) in [7, 11) is 0. The van der Waals surface area contributed by atoms with Crippen molar-refractivity contribution in [2.45, 2.75) is 46.1 Å². The predicted octanol–water partition coefficient (Wildman–Crippen LogP) is 3.29. The van der Waals surface area contributed by atoms with Crippen molar-refractivity contribution < 1.29 is 4.42 Å². The molecule has 1 atom stereocenters. The minimum atomic E-state index is 0.384. The molecule has 0 radical (unpaired) electrons. The van der Waals surface area contributed by atoms with Crippen molar-refractivity contribution in [2.75, 3.05) is 6.54 Å². The molecule has 0 fully saturated rings. The molecule has 2 heteroatoms. The molecule has 1 heterocycles. The van der Waals surface area contributed by atoms with E-state index in [2.05, 4.69) is 38.2 Å². The van der Waals surface area contributed by atoms with Crippen LogP contribution in [0, 0.1) is 0 Å². The van der Waals surface area contributed by atoms with Crippen LogP contribution in [0.1, 0.15) is 51.2 Å². The summed E-state index contributed by atoms with van der Waals surface area (Å²) in [6, 6.07) is 4.55. The lowest BCUT2D eigenvalue weighted by atomic mass is 10.1. The van der Waals surface area contributed by atoms with Gasteiger partial charge in [-0.2, -0.15) is 0 Å². The summed E-state index contributed by atoms with van der Waals surface area (Å²) in [6.07, 6.45) is 3.22. The first-order valence-electron chi connectivity index (χ1n) is 5.63. The maximum Gasteiger partial charge on any atom is 0.121 e. The topological polar surface area (TPSA) is 25.2 Å². The molecule has 1 unspecified atom stereocenters. The van der Waals surface area contributed by atoms with Crippen molar-refractivity contribution in [3.63, 3.8) is 0 Å². The molecule has 0 saturated heterocycles. The standard InChI is InChI=1S/C12H21NO/c1-4-9-13-11(6-3)12-8-7-10(5-2)14-12/h7-8,11,13H,4-6,9H2,1-3H3. The molecule has 0 aliphatic carbocycles. The highest BCUT2D eigenvalue weighted by molar-refractivity contribution is 5.10. The minimum absolute atomic E-state index is 0.384. The normalized spacial score (nSPS) is 13.1. The molecule has 0 aliphatic heterocycles. The zero-order chi connectivity index (χ0) is 10.4. The Kier molecular flexibility index (Phi) is 4.74. The maximum atomic E-state index is 5.72. The lowest BCUT2D eigenvalue weighted by Gasteiger charge is -2.13. The summed E-state index contributed by atoms with van der Waals surface area (Å²) in [4.78, 5) is 0. The average Bonchev–Trinajstić information content (AvgIpc) is 2.68. The molecule has 14 heavy (non-hydrogen) atoms. The van der Waals surface area contributed by atoms with Gasteiger partial charge in [0.25, 0.3) is 0 Å². The predicted molar refractivity (Wildman–Crippen MR) is 59.4 cm³/mol. The van der Waals surface area contributed by atoms with Crippen LogP contribution in [0.2, 0.25) is 0 Å². The fraction of sp³-hybridized carbons (Fsp3) is 0.667. The summed E-state index contributed by atoms with van der Waals surface area (Å²) in [5.41, 5.74) is 0. The summed E-state index contributed by atoms with van der Waals surface area (Å²) >= 11 is 0. The highest BCUT2D eigenvalue weighted by Gasteiger charge is 2.11. The van der Waals surface area contributed by atoms with Crippen molar-refractivity contribution in [3.8, 4) is 0 Å². The molecular formula is C12H21NO. The monoisotopic (exact) mass is 195 g/mol. The van der Waals surface area contributed by atoms with Crippen molar-refractivity contribution in [1.29, 1.82) is 0 Å². The van der Waals surface area contributed by atoms with Crippen LogP contribution < -0.4 is 5.32 Å². The fourth-order valence-electron chi connectivity index (χ4n) is 1.54. The van der Waals surface area contributed by atoms with Gasteiger partial charge in [-0.25, -0.2) is 0 Å². The van der Waals surface area contributed by atoms with E-state index in [1.54, 1.807) is 0 Å². The zero-order valence-electron chi connectivity index (χ0n) is 9.47. The second kappa shape index (κ2) is 5.86. The van der Waals surface area contributed by atoms with Gasteiger partial charge in [-0.3, -0.25) is 0 Å². The van der Waals surface area contributed by atoms with E-state index < -0.39 is 0 Å². The highest BCUT2D eigenvalue weighted by Crippen LogP contribution is 2.19. The number of hydrogen-bond acceptors (Lipinski definition) is 2. The van der Waals surface area contributed by atoms with Gasteiger partial charge < -0.3 is 9.73 Å². The Morgan fingerprint density at radius 2 is 2.07 bits per heavy atom. The molecular weight excluding hydrogens is 174 g/mol. The third-order valence-electron chi connectivity index (χ3n) is 2.42. The first-order chi connectivity index (χ1) is 6.81. The van der Waals surface area contributed by atoms with Gasteiger partial charge in [-0.1, -0.05) is 20.8 Å². The number of nitrogens with one attached hydrogen (secondary N) is 1. The second-order valence-electron chi connectivity index (χ2n) is 3.57. The summed E-state index contributed by atoms with van der Waals surface area (Å²) in [5.74, 6) is 2.16. The van der Waals surface area contributed by atoms with E-state index in [0.717, 1.165) is 37.3 Å². The lowest BCUT2D eigenvalue weighted by molar-refractivity contribution is 0.387. The molecule has 1 aromatic heterocycles. The van der Waals surface area contributed by atoms with Crippen LogP contribution in [0.5, 0.6) is 0 Å². The van der Waals surface area contributed by atoms with Crippen LogP contribution in [-0.4, -0.2) is 6.54 Å². The average molecular weight is 195 g/mol. The highest BCUT2D eigenvalue weighted by atomic mass is 16.3. The van der Waals surface area contributed by atoms with Gasteiger partial charge in [0.2, 0.25) is 0 Å². The van der Waals surface area contributed by atoms with Crippen molar-refractivity contribution in [2.24, 2.45) is 0 Å². The van der Waals surface area contributed by atoms with E-state index in [0.29, 0.717) is 6.04 Å². The molecule has 2 nitrogen and oxygen atoms in total. The SMILES string of the molecule is CCCNC(CC)c1ccc(CC)o1. The minimum Gasteiger partial charge on any atom is -0.464 e. The Balaban J connectivity index is 2.58. The Bertz CT molecular complexity index is 255. The van der Waals surface area contributed by atoms with Crippen LogP contribution in [-0.2, 0) is 6.42 Å². The molecule has 80 valence electrons. The number of rotatable bonds is 6. The van der Waals surface area contributed by atoms with E-state index in [-0.39, 0.29) is 0 Å². The summed E-state index contributed by atoms with van der Waals surface area (Å²) in [6.45, 7) is 7.53. The van der Waals surface area contributed by atoms with Gasteiger partial charge in [0, 0.05) is 6.42 Å². The fourth-order valence-corrected chi connectivity index (χ4v) is 1.54. The van der Waals surface area contributed by atoms with Crippen molar-refractivity contribution >= 4 is 0 Å². The van der Waals surface area contributed by atoms with Crippen molar-refractivity contribution in [1.82, 2.24) is 5.32 Å². The van der Waals surface area contributed by atoms with Crippen LogP contribution in [0.25, 0.3) is 0 Å². The summed E-state index contributed by atoms with van der Waals surface area (Å²) < 4.78 is 5.72. The Morgan fingerprint density at radius 1 is 1.29 bits per heavy atom. The Labute approximate surface area is 86.7 Å². The second-order valence-corrected chi connectivity index (χ2v) is 3.57. The van der Waals surface area contributed by atoms with E-state index in [1.165, 1.54) is 0 Å². The Morgan fingerprint density at radius 3 is 2.57 bits per heavy atom. The first-order valence-corrected chi connectivity index (χ1v) is 5.63. The molecule has 1 N–H and O–H groups in total. The molecule has 0 spiro atoms. The van der Waals surface area contributed by atoms with Crippen molar-refractivity contribution in [3.05, 3.63) is 23.7 Å². The van der Waals surface area contributed by atoms with Gasteiger partial charge >= 0.3 is 0 Å². The van der Waals surface area contributed by atoms with Crippen LogP contribution in [0.3, 0.4) is 0 Å². The third kappa shape index (κ3) is 2.88. The smallest absolute Gasteiger partial charge is 0.121 e. The Hall–Kier alpha value is -0.760. The van der Waals surface area contributed by atoms with Crippen LogP contribution >= 0.6 is 0 Å². The number of hydrogen-bond donors (Lipinski definition) is 1. The van der Waals surface area contributed by atoms with Crippen LogP contribution in [0.15, 0.2) is 16.5 Å². The van der Waals surface area contributed by atoms with E-state index in [4.69, 9.17) is 4.42 Å².